The molecule has 0 radical (unpaired) electrons. The van der Waals surface area contributed by atoms with Crippen LogP contribution in [0, 0.1) is 13.8 Å². The summed E-state index contributed by atoms with van der Waals surface area (Å²) in [5, 5.41) is 3.57. The van der Waals surface area contributed by atoms with Crippen molar-refractivity contribution >= 4 is 27.5 Å². The summed E-state index contributed by atoms with van der Waals surface area (Å²) in [4.78, 5) is 33.4. The Hall–Kier alpha value is -2.71. The van der Waals surface area contributed by atoms with Gasteiger partial charge in [0.25, 0.3) is 5.56 Å². The van der Waals surface area contributed by atoms with E-state index in [0.717, 1.165) is 33.1 Å². The number of amides is 1. The lowest BCUT2D eigenvalue weighted by atomic mass is 10.2. The first-order valence-electron chi connectivity index (χ1n) is 9.94. The zero-order chi connectivity index (χ0) is 21.7. The van der Waals surface area contributed by atoms with Gasteiger partial charge in [-0.3, -0.25) is 14.2 Å². The molecule has 160 valence electrons. The molecule has 0 saturated carbocycles. The van der Waals surface area contributed by atoms with Crippen molar-refractivity contribution in [2.75, 3.05) is 27.2 Å². The molecular weight excluding hydrogens is 400 g/mol. The number of thiophene rings is 1. The first-order chi connectivity index (χ1) is 14.4. The maximum absolute atomic E-state index is 12.7. The summed E-state index contributed by atoms with van der Waals surface area (Å²) < 4.78 is 7.35. The molecule has 0 aliphatic rings. The number of aryl methyl sites for hydroxylation is 3. The number of nitrogens with one attached hydrogen (secondary N) is 1. The summed E-state index contributed by atoms with van der Waals surface area (Å²) in [5.74, 6) is 0.650. The van der Waals surface area contributed by atoms with Gasteiger partial charge in [0, 0.05) is 36.5 Å². The molecular formula is C22H28N4O3S. The topological polar surface area (TPSA) is 76.5 Å². The van der Waals surface area contributed by atoms with Gasteiger partial charge in [0.15, 0.2) is 0 Å². The molecule has 2 heterocycles. The van der Waals surface area contributed by atoms with E-state index in [2.05, 4.69) is 15.2 Å². The van der Waals surface area contributed by atoms with E-state index < -0.39 is 0 Å². The van der Waals surface area contributed by atoms with Gasteiger partial charge in [-0.25, -0.2) is 4.98 Å². The molecule has 3 aromatic rings. The molecule has 0 saturated heterocycles. The molecule has 1 amide bonds. The van der Waals surface area contributed by atoms with Crippen LogP contribution in [0.3, 0.4) is 0 Å². The van der Waals surface area contributed by atoms with Crippen molar-refractivity contribution < 1.29 is 9.53 Å². The minimum Gasteiger partial charge on any atom is -0.492 e. The van der Waals surface area contributed by atoms with E-state index in [-0.39, 0.29) is 17.9 Å². The number of hydrogen-bond acceptors (Lipinski definition) is 6. The monoisotopic (exact) mass is 428 g/mol. The number of aromatic nitrogens is 2. The second kappa shape index (κ2) is 9.86. The zero-order valence-electron chi connectivity index (χ0n) is 17.9. The number of rotatable bonds is 9. The SMILES string of the molecule is Cc1sc2ncn(CCC(=O)NCc3ccccc3OCCN(C)C)c(=O)c2c1C. The second-order valence-corrected chi connectivity index (χ2v) is 8.70. The molecule has 0 unspecified atom stereocenters. The van der Waals surface area contributed by atoms with Gasteiger partial charge < -0.3 is 15.0 Å². The Labute approximate surface area is 180 Å². The average molecular weight is 429 g/mol. The molecule has 0 aliphatic heterocycles. The number of likely N-dealkylation sites (N-methyl/N-ethyl adjacent to an activating group) is 1. The number of fused-ring (bicyclic) bond motifs is 1. The smallest absolute Gasteiger partial charge is 0.262 e. The van der Waals surface area contributed by atoms with E-state index in [1.54, 1.807) is 0 Å². The van der Waals surface area contributed by atoms with Crippen LogP contribution < -0.4 is 15.6 Å². The quantitative estimate of drug-likeness (QED) is 0.567. The predicted molar refractivity (Wildman–Crippen MR) is 120 cm³/mol. The van der Waals surface area contributed by atoms with Gasteiger partial charge in [-0.1, -0.05) is 18.2 Å². The number of carbonyl (C=O) groups excluding carboxylic acids is 1. The number of nitrogens with zero attached hydrogens (tertiary/aromatic N) is 3. The fourth-order valence-corrected chi connectivity index (χ4v) is 4.05. The fourth-order valence-electron chi connectivity index (χ4n) is 3.06. The van der Waals surface area contributed by atoms with Crippen LogP contribution in [0.4, 0.5) is 0 Å². The summed E-state index contributed by atoms with van der Waals surface area (Å²) in [6.45, 7) is 6.00. The molecule has 7 nitrogen and oxygen atoms in total. The first kappa shape index (κ1) is 22.0. The first-order valence-corrected chi connectivity index (χ1v) is 10.8. The maximum atomic E-state index is 12.7. The van der Waals surface area contributed by atoms with Gasteiger partial charge in [0.2, 0.25) is 5.91 Å². The second-order valence-electron chi connectivity index (χ2n) is 7.49. The van der Waals surface area contributed by atoms with Gasteiger partial charge in [-0.15, -0.1) is 11.3 Å². The predicted octanol–water partition coefficient (Wildman–Crippen LogP) is 2.72. The molecule has 0 bridgehead atoms. The Kier molecular flexibility index (Phi) is 7.23. The normalized spacial score (nSPS) is 11.2. The lowest BCUT2D eigenvalue weighted by Crippen LogP contribution is -2.27. The number of hydrogen-bond donors (Lipinski definition) is 1. The Morgan fingerprint density at radius 3 is 2.80 bits per heavy atom. The highest BCUT2D eigenvalue weighted by Crippen LogP contribution is 2.25. The minimum absolute atomic E-state index is 0.0886. The summed E-state index contributed by atoms with van der Waals surface area (Å²) in [6, 6.07) is 7.68. The van der Waals surface area contributed by atoms with Crippen molar-refractivity contribution in [1.82, 2.24) is 19.8 Å². The largest absolute Gasteiger partial charge is 0.492 e. The number of benzene rings is 1. The van der Waals surface area contributed by atoms with Crippen LogP contribution in [0.15, 0.2) is 35.4 Å². The van der Waals surface area contributed by atoms with Crippen LogP contribution in [0.2, 0.25) is 0 Å². The number of ether oxygens (including phenoxy) is 1. The van der Waals surface area contributed by atoms with Crippen molar-refractivity contribution in [3.05, 3.63) is 57.0 Å². The average Bonchev–Trinajstić information content (AvgIpc) is 3.01. The Balaban J connectivity index is 1.57. The van der Waals surface area contributed by atoms with Crippen molar-refractivity contribution in [3.8, 4) is 5.75 Å². The van der Waals surface area contributed by atoms with E-state index in [0.29, 0.717) is 25.1 Å². The lowest BCUT2D eigenvalue weighted by Gasteiger charge is -2.14. The minimum atomic E-state index is -0.122. The van der Waals surface area contributed by atoms with Crippen molar-refractivity contribution in [2.24, 2.45) is 0 Å². The van der Waals surface area contributed by atoms with E-state index in [1.807, 2.05) is 52.2 Å². The summed E-state index contributed by atoms with van der Waals surface area (Å²) in [6.07, 6.45) is 1.74. The van der Waals surface area contributed by atoms with Crippen LogP contribution >= 0.6 is 11.3 Å². The molecule has 0 spiro atoms. The van der Waals surface area contributed by atoms with E-state index in [9.17, 15) is 9.59 Å². The summed E-state index contributed by atoms with van der Waals surface area (Å²) >= 11 is 1.52. The molecule has 3 rings (SSSR count). The standard InChI is InChI=1S/C22H28N4O3S/c1-15-16(2)30-21-20(15)22(28)26(14-24-21)10-9-19(27)23-13-17-7-5-6-8-18(17)29-12-11-25(3)4/h5-8,14H,9-13H2,1-4H3,(H,23,27). The fraction of sp³-hybridized carbons (Fsp3) is 0.409. The van der Waals surface area contributed by atoms with Crippen LogP contribution in [-0.2, 0) is 17.9 Å². The number of para-hydroxylation sites is 1. The molecule has 0 aliphatic carbocycles. The summed E-state index contributed by atoms with van der Waals surface area (Å²) in [7, 11) is 3.99. The highest BCUT2D eigenvalue weighted by Gasteiger charge is 2.13. The van der Waals surface area contributed by atoms with E-state index in [4.69, 9.17) is 4.74 Å². The maximum Gasteiger partial charge on any atom is 0.262 e. The molecule has 1 N–H and O–H groups in total. The molecule has 0 fully saturated rings. The number of carbonyl (C=O) groups is 1. The molecule has 1 aromatic carbocycles. The highest BCUT2D eigenvalue weighted by molar-refractivity contribution is 7.18. The van der Waals surface area contributed by atoms with Gasteiger partial charge in [-0.05, 0) is 39.6 Å². The molecule has 8 heteroatoms. The lowest BCUT2D eigenvalue weighted by molar-refractivity contribution is -0.121. The molecule has 0 atom stereocenters. The zero-order valence-corrected chi connectivity index (χ0v) is 18.7. The Bertz CT molecular complexity index is 1090. The molecule has 2 aromatic heterocycles. The third kappa shape index (κ3) is 5.25. The van der Waals surface area contributed by atoms with Crippen LogP contribution in [0.5, 0.6) is 5.75 Å². The molecule has 30 heavy (non-hydrogen) atoms. The van der Waals surface area contributed by atoms with Gasteiger partial charge in [0.05, 0.1) is 11.7 Å². The Morgan fingerprint density at radius 1 is 1.27 bits per heavy atom. The third-order valence-corrected chi connectivity index (χ3v) is 6.10. The highest BCUT2D eigenvalue weighted by atomic mass is 32.1. The van der Waals surface area contributed by atoms with Crippen molar-refractivity contribution in [2.45, 2.75) is 33.4 Å². The van der Waals surface area contributed by atoms with Gasteiger partial charge in [0.1, 0.15) is 17.2 Å². The van der Waals surface area contributed by atoms with E-state index >= 15 is 0 Å². The van der Waals surface area contributed by atoms with E-state index in [1.165, 1.54) is 22.2 Å². The van der Waals surface area contributed by atoms with Crippen molar-refractivity contribution in [3.63, 3.8) is 0 Å². The summed E-state index contributed by atoms with van der Waals surface area (Å²) in [5.41, 5.74) is 1.81. The van der Waals surface area contributed by atoms with Crippen molar-refractivity contribution in [1.29, 1.82) is 0 Å². The van der Waals surface area contributed by atoms with Crippen LogP contribution in [-0.4, -0.2) is 47.6 Å². The van der Waals surface area contributed by atoms with Crippen LogP contribution in [0.25, 0.3) is 10.2 Å². The van der Waals surface area contributed by atoms with Gasteiger partial charge in [-0.2, -0.15) is 0 Å². The Morgan fingerprint density at radius 2 is 2.03 bits per heavy atom. The third-order valence-electron chi connectivity index (χ3n) is 4.98. The van der Waals surface area contributed by atoms with Gasteiger partial charge >= 0.3 is 0 Å². The van der Waals surface area contributed by atoms with Crippen LogP contribution in [0.1, 0.15) is 22.4 Å².